The SMILES string of the molecule is COC(=O)[C@H](CO)NC(=O)[C@H](CO)N1CNc2c(cccc2-c2ccc(NC(=O)OC(C)(C)C)cc2)C1=O. The number of methoxy groups -OCH3 is 1. The van der Waals surface area contributed by atoms with Gasteiger partial charge in [-0.05, 0) is 44.5 Å². The molecule has 5 N–H and O–H groups in total. The fraction of sp³-hybridized carbons (Fsp3) is 0.385. The summed E-state index contributed by atoms with van der Waals surface area (Å²) in [5, 5.41) is 27.3. The quantitative estimate of drug-likeness (QED) is 0.319. The van der Waals surface area contributed by atoms with Gasteiger partial charge in [-0.25, -0.2) is 9.59 Å². The van der Waals surface area contributed by atoms with Crippen LogP contribution in [0.3, 0.4) is 0 Å². The van der Waals surface area contributed by atoms with Gasteiger partial charge >= 0.3 is 12.1 Å². The van der Waals surface area contributed by atoms with E-state index in [0.717, 1.165) is 23.1 Å². The molecule has 3 amide bonds. The molecule has 0 saturated carbocycles. The van der Waals surface area contributed by atoms with E-state index in [1.165, 1.54) is 0 Å². The number of esters is 1. The molecule has 0 aliphatic carbocycles. The molecule has 1 aliphatic rings. The molecule has 3 rings (SSSR count). The van der Waals surface area contributed by atoms with Crippen molar-refractivity contribution in [2.75, 3.05) is 37.6 Å². The maximum atomic E-state index is 13.3. The van der Waals surface area contributed by atoms with Crippen LogP contribution in [0.25, 0.3) is 11.1 Å². The van der Waals surface area contributed by atoms with Crippen LogP contribution in [0.5, 0.6) is 0 Å². The Morgan fingerprint density at radius 2 is 1.71 bits per heavy atom. The second kappa shape index (κ2) is 11.9. The van der Waals surface area contributed by atoms with Gasteiger partial charge in [-0.3, -0.25) is 14.9 Å². The Balaban J connectivity index is 1.79. The van der Waals surface area contributed by atoms with Crippen LogP contribution in [0.4, 0.5) is 16.2 Å². The summed E-state index contributed by atoms with van der Waals surface area (Å²) in [6.07, 6.45) is -0.575. The van der Waals surface area contributed by atoms with Crippen LogP contribution in [0.1, 0.15) is 31.1 Å². The lowest BCUT2D eigenvalue weighted by Crippen LogP contribution is -2.57. The second-order valence-electron chi connectivity index (χ2n) is 9.51. The molecule has 38 heavy (non-hydrogen) atoms. The highest BCUT2D eigenvalue weighted by molar-refractivity contribution is 6.06. The fourth-order valence-corrected chi connectivity index (χ4v) is 3.87. The molecule has 0 saturated heterocycles. The minimum absolute atomic E-state index is 0.0954. The third kappa shape index (κ3) is 6.58. The molecule has 2 aromatic rings. The van der Waals surface area contributed by atoms with Gasteiger partial charge in [0.25, 0.3) is 5.91 Å². The molecular weight excluding hydrogens is 496 g/mol. The maximum absolute atomic E-state index is 13.3. The smallest absolute Gasteiger partial charge is 0.412 e. The number of hydrogen-bond acceptors (Lipinski definition) is 9. The number of hydrogen-bond donors (Lipinski definition) is 5. The minimum Gasteiger partial charge on any atom is -0.467 e. The van der Waals surface area contributed by atoms with Crippen molar-refractivity contribution >= 4 is 35.3 Å². The number of rotatable bonds is 8. The van der Waals surface area contributed by atoms with Crippen LogP contribution in [-0.2, 0) is 19.1 Å². The van der Waals surface area contributed by atoms with Crippen molar-refractivity contribution < 1.29 is 38.9 Å². The lowest BCUT2D eigenvalue weighted by molar-refractivity contribution is -0.147. The number of aliphatic hydroxyl groups excluding tert-OH is 2. The lowest BCUT2D eigenvalue weighted by atomic mass is 9.97. The lowest BCUT2D eigenvalue weighted by Gasteiger charge is -2.35. The van der Waals surface area contributed by atoms with Gasteiger partial charge in [-0.2, -0.15) is 0 Å². The summed E-state index contributed by atoms with van der Waals surface area (Å²) >= 11 is 0. The summed E-state index contributed by atoms with van der Waals surface area (Å²) in [5.74, 6) is -2.18. The van der Waals surface area contributed by atoms with Crippen LogP contribution in [0, 0.1) is 0 Å². The number of amides is 3. The van der Waals surface area contributed by atoms with Gasteiger partial charge in [-0.1, -0.05) is 24.3 Å². The van der Waals surface area contributed by atoms with Crippen LogP contribution < -0.4 is 16.0 Å². The first-order valence-electron chi connectivity index (χ1n) is 11.9. The molecule has 12 nitrogen and oxygen atoms in total. The number of nitrogens with zero attached hydrogens (tertiary/aromatic N) is 1. The molecule has 2 aromatic carbocycles. The van der Waals surface area contributed by atoms with Gasteiger partial charge in [0.2, 0.25) is 5.91 Å². The van der Waals surface area contributed by atoms with Gasteiger partial charge in [0, 0.05) is 11.3 Å². The Labute approximate surface area is 219 Å². The highest BCUT2D eigenvalue weighted by Crippen LogP contribution is 2.35. The average Bonchev–Trinajstić information content (AvgIpc) is 2.87. The summed E-state index contributed by atoms with van der Waals surface area (Å²) in [6, 6.07) is 9.45. The Morgan fingerprint density at radius 1 is 1.05 bits per heavy atom. The summed E-state index contributed by atoms with van der Waals surface area (Å²) in [7, 11) is 1.11. The first-order valence-corrected chi connectivity index (χ1v) is 11.9. The highest BCUT2D eigenvalue weighted by atomic mass is 16.6. The summed E-state index contributed by atoms with van der Waals surface area (Å²) < 4.78 is 9.79. The summed E-state index contributed by atoms with van der Waals surface area (Å²) in [6.45, 7) is 3.80. The van der Waals surface area contributed by atoms with E-state index in [9.17, 15) is 29.4 Å². The largest absolute Gasteiger partial charge is 0.467 e. The highest BCUT2D eigenvalue weighted by Gasteiger charge is 2.36. The fourth-order valence-electron chi connectivity index (χ4n) is 3.87. The Hall–Kier alpha value is -4.16. The zero-order valence-electron chi connectivity index (χ0n) is 21.6. The number of nitrogens with one attached hydrogen (secondary N) is 3. The standard InChI is InChI=1S/C26H32N4O8/c1-26(2,3)38-25(36)28-16-10-8-15(9-11-16)17-6-5-7-18-21(17)27-14-30(23(18)34)20(13-32)22(33)29-19(12-31)24(35)37-4/h5-11,19-20,27,31-32H,12-14H2,1-4H3,(H,28,36)(H,29,33)/t19-,20-/m0/s1. The molecule has 0 fully saturated rings. The van der Waals surface area contributed by atoms with Gasteiger partial charge in [-0.15, -0.1) is 0 Å². The predicted octanol–water partition coefficient (Wildman–Crippen LogP) is 1.54. The molecule has 0 bridgehead atoms. The zero-order valence-corrected chi connectivity index (χ0v) is 21.6. The van der Waals surface area contributed by atoms with E-state index in [2.05, 4.69) is 20.7 Å². The molecule has 0 spiro atoms. The van der Waals surface area contributed by atoms with E-state index >= 15 is 0 Å². The number of benzene rings is 2. The molecule has 1 heterocycles. The third-order valence-corrected chi connectivity index (χ3v) is 5.66. The van der Waals surface area contributed by atoms with Gasteiger partial charge in [0.1, 0.15) is 11.6 Å². The normalized spacial score (nSPS) is 14.5. The van der Waals surface area contributed by atoms with Crippen LogP contribution in [0.15, 0.2) is 42.5 Å². The summed E-state index contributed by atoms with van der Waals surface area (Å²) in [4.78, 5) is 51.0. The average molecular weight is 529 g/mol. The predicted molar refractivity (Wildman–Crippen MR) is 138 cm³/mol. The number of fused-ring (bicyclic) bond motifs is 1. The Morgan fingerprint density at radius 3 is 2.29 bits per heavy atom. The third-order valence-electron chi connectivity index (χ3n) is 5.66. The molecule has 0 unspecified atom stereocenters. The molecular formula is C26H32N4O8. The first kappa shape index (κ1) is 28.4. The first-order chi connectivity index (χ1) is 18.0. The molecule has 2 atom stereocenters. The number of aliphatic hydroxyl groups is 2. The minimum atomic E-state index is -1.33. The van der Waals surface area contributed by atoms with E-state index in [4.69, 9.17) is 4.74 Å². The number of anilines is 2. The second-order valence-corrected chi connectivity index (χ2v) is 9.51. The van der Waals surface area contributed by atoms with Gasteiger partial charge in [0.15, 0.2) is 6.04 Å². The van der Waals surface area contributed by atoms with Crippen molar-refractivity contribution in [3.05, 3.63) is 48.0 Å². The van der Waals surface area contributed by atoms with Gasteiger partial charge in [0.05, 0.1) is 38.2 Å². The Bertz CT molecular complexity index is 1190. The topological polar surface area (TPSA) is 167 Å². The van der Waals surface area contributed by atoms with Crippen molar-refractivity contribution in [3.8, 4) is 11.1 Å². The zero-order chi connectivity index (χ0) is 28.0. The van der Waals surface area contributed by atoms with E-state index in [1.807, 2.05) is 6.07 Å². The van der Waals surface area contributed by atoms with E-state index in [1.54, 1.807) is 57.2 Å². The number of carbonyl (C=O) groups excluding carboxylic acids is 4. The molecule has 1 aliphatic heterocycles. The molecule has 0 radical (unpaired) electrons. The van der Waals surface area contributed by atoms with Crippen LogP contribution in [0.2, 0.25) is 0 Å². The monoisotopic (exact) mass is 528 g/mol. The van der Waals surface area contributed by atoms with Crippen molar-refractivity contribution in [1.29, 1.82) is 0 Å². The van der Waals surface area contributed by atoms with E-state index < -0.39 is 54.8 Å². The van der Waals surface area contributed by atoms with Gasteiger partial charge < -0.3 is 35.2 Å². The number of carbonyl (C=O) groups is 4. The van der Waals surface area contributed by atoms with E-state index in [-0.39, 0.29) is 12.2 Å². The van der Waals surface area contributed by atoms with Crippen molar-refractivity contribution in [1.82, 2.24) is 10.2 Å². The van der Waals surface area contributed by atoms with E-state index in [0.29, 0.717) is 11.4 Å². The van der Waals surface area contributed by atoms with Crippen molar-refractivity contribution in [2.45, 2.75) is 38.5 Å². The number of ether oxygens (including phenoxy) is 2. The maximum Gasteiger partial charge on any atom is 0.412 e. The van der Waals surface area contributed by atoms with Crippen molar-refractivity contribution in [2.24, 2.45) is 0 Å². The summed E-state index contributed by atoms with van der Waals surface area (Å²) in [5.41, 5.74) is 2.22. The molecule has 204 valence electrons. The van der Waals surface area contributed by atoms with Crippen molar-refractivity contribution in [3.63, 3.8) is 0 Å². The Kier molecular flexibility index (Phi) is 8.92. The molecule has 12 heteroatoms. The van der Waals surface area contributed by atoms with Crippen LogP contribution in [-0.4, -0.2) is 83.7 Å². The van der Waals surface area contributed by atoms with Crippen LogP contribution >= 0.6 is 0 Å². The number of para-hydroxylation sites is 1. The molecule has 0 aromatic heterocycles.